The quantitative estimate of drug-likeness (QED) is 0.834. The Labute approximate surface area is 121 Å². The Balaban J connectivity index is 2.02. The molecule has 0 aliphatic rings. The van der Waals surface area contributed by atoms with Crippen LogP contribution in [0.3, 0.4) is 0 Å². The van der Waals surface area contributed by atoms with Gasteiger partial charge in [-0.05, 0) is 30.7 Å². The highest BCUT2D eigenvalue weighted by molar-refractivity contribution is 5.25. The molecule has 0 unspecified atom stereocenters. The molecule has 21 heavy (non-hydrogen) atoms. The first-order valence-corrected chi connectivity index (χ1v) is 6.74. The van der Waals surface area contributed by atoms with Gasteiger partial charge in [0.2, 0.25) is 0 Å². The lowest BCUT2D eigenvalue weighted by atomic mass is 10.1. The molecule has 0 radical (unpaired) electrons. The molecule has 1 aromatic heterocycles. The van der Waals surface area contributed by atoms with Gasteiger partial charge in [0.25, 0.3) is 0 Å². The maximum atomic E-state index is 12.6. The summed E-state index contributed by atoms with van der Waals surface area (Å²) in [5.74, 6) is 0.635. The minimum atomic E-state index is -4.33. The monoisotopic (exact) mass is 298 g/mol. The molecule has 7 heteroatoms. The molecule has 1 aromatic carbocycles. The van der Waals surface area contributed by atoms with Crippen molar-refractivity contribution in [1.29, 1.82) is 0 Å². The first kappa shape index (κ1) is 15.5. The summed E-state index contributed by atoms with van der Waals surface area (Å²) in [5.41, 5.74) is -0.104. The Hall–Kier alpha value is -1.89. The molecular formula is C14H17F3N4. The summed E-state index contributed by atoms with van der Waals surface area (Å²) in [6.07, 6.45) is -1.78. The van der Waals surface area contributed by atoms with Crippen molar-refractivity contribution in [1.82, 2.24) is 20.1 Å². The smallest absolute Gasteiger partial charge is 0.310 e. The predicted molar refractivity (Wildman–Crippen MR) is 72.6 cm³/mol. The van der Waals surface area contributed by atoms with Gasteiger partial charge in [-0.2, -0.15) is 18.3 Å². The van der Waals surface area contributed by atoms with Crippen LogP contribution < -0.4 is 5.32 Å². The Morgan fingerprint density at radius 1 is 1.29 bits per heavy atom. The summed E-state index contributed by atoms with van der Waals surface area (Å²) in [4.78, 5) is 4.12. The fourth-order valence-electron chi connectivity index (χ4n) is 1.90. The second kappa shape index (κ2) is 6.71. The average molecular weight is 298 g/mol. The van der Waals surface area contributed by atoms with Crippen LogP contribution in [-0.2, 0) is 19.3 Å². The molecule has 0 saturated heterocycles. The van der Waals surface area contributed by atoms with E-state index in [1.54, 1.807) is 10.7 Å². The van der Waals surface area contributed by atoms with Crippen LogP contribution in [0.2, 0.25) is 0 Å². The predicted octanol–water partition coefficient (Wildman–Crippen LogP) is 2.84. The molecule has 2 rings (SSSR count). The number of benzene rings is 1. The van der Waals surface area contributed by atoms with Crippen LogP contribution in [0.4, 0.5) is 13.2 Å². The number of hydrogen-bond acceptors (Lipinski definition) is 3. The Morgan fingerprint density at radius 3 is 2.81 bits per heavy atom. The molecule has 2 aromatic rings. The topological polar surface area (TPSA) is 42.7 Å². The molecule has 4 nitrogen and oxygen atoms in total. The van der Waals surface area contributed by atoms with Crippen molar-refractivity contribution in [3.8, 4) is 0 Å². The van der Waals surface area contributed by atoms with E-state index in [4.69, 9.17) is 0 Å². The molecule has 0 atom stereocenters. The molecule has 0 fully saturated rings. The van der Waals surface area contributed by atoms with Gasteiger partial charge in [-0.1, -0.05) is 19.1 Å². The van der Waals surface area contributed by atoms with Crippen molar-refractivity contribution in [2.45, 2.75) is 32.6 Å². The third-order valence-electron chi connectivity index (χ3n) is 2.89. The van der Waals surface area contributed by atoms with E-state index in [9.17, 15) is 13.2 Å². The van der Waals surface area contributed by atoms with Gasteiger partial charge in [0.05, 0.1) is 18.7 Å². The number of hydrogen-bond donors (Lipinski definition) is 1. The molecule has 1 heterocycles. The van der Waals surface area contributed by atoms with Crippen LogP contribution in [0.5, 0.6) is 0 Å². The van der Waals surface area contributed by atoms with Gasteiger partial charge in [0, 0.05) is 0 Å². The lowest BCUT2D eigenvalue weighted by Crippen LogP contribution is -2.15. The highest BCUT2D eigenvalue weighted by atomic mass is 19.4. The fraction of sp³-hybridized carbons (Fsp3) is 0.429. The number of aromatic nitrogens is 3. The van der Waals surface area contributed by atoms with Gasteiger partial charge >= 0.3 is 6.18 Å². The van der Waals surface area contributed by atoms with E-state index in [0.717, 1.165) is 25.1 Å². The maximum Gasteiger partial charge on any atom is 0.416 e. The number of halogens is 3. The first-order chi connectivity index (χ1) is 9.99. The second-order valence-corrected chi connectivity index (χ2v) is 4.73. The first-order valence-electron chi connectivity index (χ1n) is 6.74. The molecule has 0 aliphatic carbocycles. The minimum absolute atomic E-state index is 0.269. The molecule has 0 spiro atoms. The normalized spacial score (nSPS) is 11.8. The standard InChI is InChI=1S/C14H17F3N4/c1-2-6-18-8-13-19-10-21(20-13)9-11-4-3-5-12(7-11)14(15,16)17/h3-5,7,10,18H,2,6,8-9H2,1H3. The number of nitrogens with zero attached hydrogens (tertiary/aromatic N) is 3. The van der Waals surface area contributed by atoms with E-state index in [0.29, 0.717) is 17.9 Å². The van der Waals surface area contributed by atoms with Crippen LogP contribution in [0.15, 0.2) is 30.6 Å². The lowest BCUT2D eigenvalue weighted by molar-refractivity contribution is -0.137. The number of nitrogens with one attached hydrogen (secondary N) is 1. The van der Waals surface area contributed by atoms with Gasteiger partial charge in [-0.3, -0.25) is 0 Å². The fourth-order valence-corrected chi connectivity index (χ4v) is 1.90. The van der Waals surface area contributed by atoms with Crippen LogP contribution in [-0.4, -0.2) is 21.3 Å². The van der Waals surface area contributed by atoms with Gasteiger partial charge < -0.3 is 5.32 Å². The molecule has 114 valence electrons. The third kappa shape index (κ3) is 4.56. The zero-order chi connectivity index (χ0) is 15.3. The lowest BCUT2D eigenvalue weighted by Gasteiger charge is -2.08. The molecular weight excluding hydrogens is 281 g/mol. The van der Waals surface area contributed by atoms with Crippen molar-refractivity contribution in [2.24, 2.45) is 0 Å². The number of alkyl halides is 3. The summed E-state index contributed by atoms with van der Waals surface area (Å²) in [7, 11) is 0. The highest BCUT2D eigenvalue weighted by Crippen LogP contribution is 2.29. The van der Waals surface area contributed by atoms with E-state index in [2.05, 4.69) is 22.3 Å². The molecule has 1 N–H and O–H groups in total. The van der Waals surface area contributed by atoms with Crippen molar-refractivity contribution in [2.75, 3.05) is 6.54 Å². The van der Waals surface area contributed by atoms with E-state index in [-0.39, 0.29) is 6.54 Å². The third-order valence-corrected chi connectivity index (χ3v) is 2.89. The van der Waals surface area contributed by atoms with Gasteiger partial charge in [0.15, 0.2) is 5.82 Å². The van der Waals surface area contributed by atoms with Gasteiger partial charge in [-0.25, -0.2) is 9.67 Å². The molecule has 0 saturated carbocycles. The minimum Gasteiger partial charge on any atom is -0.310 e. The Morgan fingerprint density at radius 2 is 2.10 bits per heavy atom. The summed E-state index contributed by atoms with van der Waals surface area (Å²) >= 11 is 0. The summed E-state index contributed by atoms with van der Waals surface area (Å²) in [5, 5.41) is 7.40. The summed E-state index contributed by atoms with van der Waals surface area (Å²) in [6.45, 7) is 3.77. The van der Waals surface area contributed by atoms with Crippen LogP contribution in [0.1, 0.15) is 30.3 Å². The molecule has 0 aliphatic heterocycles. The number of rotatable bonds is 6. The highest BCUT2D eigenvalue weighted by Gasteiger charge is 2.30. The van der Waals surface area contributed by atoms with Crippen LogP contribution in [0, 0.1) is 0 Å². The molecule has 0 bridgehead atoms. The van der Waals surface area contributed by atoms with E-state index < -0.39 is 11.7 Å². The zero-order valence-electron chi connectivity index (χ0n) is 11.7. The second-order valence-electron chi connectivity index (χ2n) is 4.73. The van der Waals surface area contributed by atoms with Crippen molar-refractivity contribution < 1.29 is 13.2 Å². The summed E-state index contributed by atoms with van der Waals surface area (Å²) < 4.78 is 39.5. The van der Waals surface area contributed by atoms with Gasteiger partial charge in [0.1, 0.15) is 6.33 Å². The van der Waals surface area contributed by atoms with E-state index >= 15 is 0 Å². The van der Waals surface area contributed by atoms with E-state index in [1.807, 2.05) is 0 Å². The largest absolute Gasteiger partial charge is 0.416 e. The molecule has 0 amide bonds. The zero-order valence-corrected chi connectivity index (χ0v) is 11.7. The maximum absolute atomic E-state index is 12.6. The van der Waals surface area contributed by atoms with Crippen molar-refractivity contribution in [3.05, 3.63) is 47.5 Å². The van der Waals surface area contributed by atoms with Gasteiger partial charge in [-0.15, -0.1) is 0 Å². The SMILES string of the molecule is CCCNCc1ncn(Cc2cccc(C(F)(F)F)c2)n1. The Kier molecular flexibility index (Phi) is 4.95. The summed E-state index contributed by atoms with van der Waals surface area (Å²) in [6, 6.07) is 5.24. The van der Waals surface area contributed by atoms with Crippen LogP contribution >= 0.6 is 0 Å². The van der Waals surface area contributed by atoms with Crippen molar-refractivity contribution in [3.63, 3.8) is 0 Å². The van der Waals surface area contributed by atoms with E-state index in [1.165, 1.54) is 12.4 Å². The Bertz CT molecular complexity index is 578. The average Bonchev–Trinajstić information content (AvgIpc) is 2.86. The van der Waals surface area contributed by atoms with Crippen molar-refractivity contribution >= 4 is 0 Å². The van der Waals surface area contributed by atoms with Crippen LogP contribution in [0.25, 0.3) is 0 Å².